The maximum atomic E-state index is 5.29. The number of methoxy groups -OCH3 is 1. The van der Waals surface area contributed by atoms with Crippen LogP contribution < -0.4 is 10.1 Å². The average Bonchev–Trinajstić information content (AvgIpc) is 2.29. The molecule has 1 rings (SSSR count). The second-order valence-electron chi connectivity index (χ2n) is 3.96. The predicted octanol–water partition coefficient (Wildman–Crippen LogP) is 2.83. The Labute approximate surface area is 92.6 Å². The third kappa shape index (κ3) is 3.92. The van der Waals surface area contributed by atoms with E-state index in [4.69, 9.17) is 4.74 Å². The molecule has 0 aliphatic rings. The molecule has 0 aromatic heterocycles. The monoisotopic (exact) mass is 207 g/mol. The Morgan fingerprint density at radius 2 is 2.07 bits per heavy atom. The summed E-state index contributed by atoms with van der Waals surface area (Å²) in [5.41, 5.74) is 1.23. The summed E-state index contributed by atoms with van der Waals surface area (Å²) in [7, 11) is 1.72. The summed E-state index contributed by atoms with van der Waals surface area (Å²) >= 11 is 0. The maximum absolute atomic E-state index is 5.29. The molecule has 0 amide bonds. The van der Waals surface area contributed by atoms with E-state index in [1.165, 1.54) is 12.0 Å². The Kier molecular flexibility index (Phi) is 5.19. The lowest BCUT2D eigenvalue weighted by Crippen LogP contribution is -2.20. The van der Waals surface area contributed by atoms with Gasteiger partial charge in [-0.15, -0.1) is 0 Å². The van der Waals surface area contributed by atoms with Crippen molar-refractivity contribution in [1.29, 1.82) is 0 Å². The van der Waals surface area contributed by atoms with Crippen LogP contribution in [-0.4, -0.2) is 13.7 Å². The van der Waals surface area contributed by atoms with Crippen molar-refractivity contribution in [3.05, 3.63) is 29.8 Å². The van der Waals surface area contributed by atoms with Crippen molar-refractivity contribution in [2.45, 2.75) is 26.8 Å². The van der Waals surface area contributed by atoms with Crippen molar-refractivity contribution in [3.8, 4) is 5.75 Å². The largest absolute Gasteiger partial charge is 0.496 e. The molecule has 0 bridgehead atoms. The first-order valence-electron chi connectivity index (χ1n) is 5.60. The summed E-state index contributed by atoms with van der Waals surface area (Å²) in [5.74, 6) is 1.70. The van der Waals surface area contributed by atoms with Crippen LogP contribution in [0.1, 0.15) is 25.8 Å². The minimum atomic E-state index is 0.736. The van der Waals surface area contributed by atoms with Gasteiger partial charge in [-0.1, -0.05) is 38.5 Å². The predicted molar refractivity (Wildman–Crippen MR) is 64.2 cm³/mol. The second kappa shape index (κ2) is 6.46. The van der Waals surface area contributed by atoms with E-state index in [2.05, 4.69) is 25.2 Å². The fraction of sp³-hybridized carbons (Fsp3) is 0.538. The molecular formula is C13H21NO. The number of ether oxygens (including phenoxy) is 1. The summed E-state index contributed by atoms with van der Waals surface area (Å²) in [6, 6.07) is 8.14. The highest BCUT2D eigenvalue weighted by Crippen LogP contribution is 2.16. The molecule has 0 aliphatic carbocycles. The number of nitrogens with one attached hydrogen (secondary N) is 1. The van der Waals surface area contributed by atoms with Crippen molar-refractivity contribution in [2.24, 2.45) is 5.92 Å². The molecule has 0 unspecified atom stereocenters. The number of rotatable bonds is 6. The van der Waals surface area contributed by atoms with E-state index < -0.39 is 0 Å². The van der Waals surface area contributed by atoms with Crippen molar-refractivity contribution in [3.63, 3.8) is 0 Å². The third-order valence-electron chi connectivity index (χ3n) is 2.70. The van der Waals surface area contributed by atoms with E-state index in [-0.39, 0.29) is 0 Å². The van der Waals surface area contributed by atoms with Crippen LogP contribution in [0.4, 0.5) is 0 Å². The lowest BCUT2D eigenvalue weighted by molar-refractivity contribution is 0.405. The topological polar surface area (TPSA) is 21.3 Å². The lowest BCUT2D eigenvalue weighted by Gasteiger charge is -2.12. The zero-order valence-corrected chi connectivity index (χ0v) is 9.92. The Bertz CT molecular complexity index is 286. The zero-order valence-electron chi connectivity index (χ0n) is 9.92. The van der Waals surface area contributed by atoms with Crippen LogP contribution >= 0.6 is 0 Å². The van der Waals surface area contributed by atoms with Gasteiger partial charge in [0.25, 0.3) is 0 Å². The van der Waals surface area contributed by atoms with E-state index in [0.29, 0.717) is 0 Å². The van der Waals surface area contributed by atoms with Gasteiger partial charge in [-0.3, -0.25) is 0 Å². The molecule has 0 saturated heterocycles. The number of para-hydroxylation sites is 1. The van der Waals surface area contributed by atoms with Gasteiger partial charge >= 0.3 is 0 Å². The van der Waals surface area contributed by atoms with Crippen LogP contribution in [0, 0.1) is 5.92 Å². The van der Waals surface area contributed by atoms with E-state index >= 15 is 0 Å². The van der Waals surface area contributed by atoms with Crippen LogP contribution in [-0.2, 0) is 6.54 Å². The maximum Gasteiger partial charge on any atom is 0.123 e. The molecule has 2 heteroatoms. The molecule has 0 saturated carbocycles. The molecule has 0 fully saturated rings. The van der Waals surface area contributed by atoms with Gasteiger partial charge in [0, 0.05) is 12.1 Å². The Hall–Kier alpha value is -1.02. The third-order valence-corrected chi connectivity index (χ3v) is 2.70. The van der Waals surface area contributed by atoms with Gasteiger partial charge in [-0.05, 0) is 18.5 Å². The first kappa shape index (κ1) is 12.1. The summed E-state index contributed by atoms with van der Waals surface area (Å²) in [5, 5.41) is 3.45. The van der Waals surface area contributed by atoms with Crippen LogP contribution in [0.15, 0.2) is 24.3 Å². The van der Waals surface area contributed by atoms with Crippen molar-refractivity contribution < 1.29 is 4.74 Å². The molecule has 2 nitrogen and oxygen atoms in total. The fourth-order valence-corrected chi connectivity index (χ4v) is 1.45. The van der Waals surface area contributed by atoms with Crippen LogP contribution in [0.2, 0.25) is 0 Å². The number of hydrogen-bond acceptors (Lipinski definition) is 2. The zero-order chi connectivity index (χ0) is 11.1. The first-order valence-corrected chi connectivity index (χ1v) is 5.60. The molecule has 0 radical (unpaired) electrons. The SMILES string of the molecule is CC[C@@H](C)CNCc1ccccc1OC. The van der Waals surface area contributed by atoms with E-state index in [1.54, 1.807) is 7.11 Å². The standard InChI is InChI=1S/C13H21NO/c1-4-11(2)9-14-10-12-7-5-6-8-13(12)15-3/h5-8,11,14H,4,9-10H2,1-3H3/t11-/m1/s1. The fourth-order valence-electron chi connectivity index (χ4n) is 1.45. The Morgan fingerprint density at radius 3 is 2.73 bits per heavy atom. The average molecular weight is 207 g/mol. The molecule has 1 aromatic rings. The quantitative estimate of drug-likeness (QED) is 0.774. The van der Waals surface area contributed by atoms with Crippen molar-refractivity contribution in [2.75, 3.05) is 13.7 Å². The molecule has 1 aromatic carbocycles. The van der Waals surface area contributed by atoms with Gasteiger partial charge in [-0.25, -0.2) is 0 Å². The minimum Gasteiger partial charge on any atom is -0.496 e. The highest BCUT2D eigenvalue weighted by Gasteiger charge is 2.02. The van der Waals surface area contributed by atoms with Gasteiger partial charge in [0.05, 0.1) is 7.11 Å². The Morgan fingerprint density at radius 1 is 1.33 bits per heavy atom. The molecule has 1 N–H and O–H groups in total. The molecule has 15 heavy (non-hydrogen) atoms. The lowest BCUT2D eigenvalue weighted by atomic mass is 10.1. The summed E-state index contributed by atoms with van der Waals surface area (Å²) in [4.78, 5) is 0. The summed E-state index contributed by atoms with van der Waals surface area (Å²) in [6.07, 6.45) is 1.22. The highest BCUT2D eigenvalue weighted by molar-refractivity contribution is 5.32. The smallest absolute Gasteiger partial charge is 0.123 e. The van der Waals surface area contributed by atoms with E-state index in [1.807, 2.05) is 18.2 Å². The molecular weight excluding hydrogens is 186 g/mol. The number of hydrogen-bond donors (Lipinski definition) is 1. The summed E-state index contributed by atoms with van der Waals surface area (Å²) in [6.45, 7) is 6.42. The van der Waals surface area contributed by atoms with Crippen LogP contribution in [0.5, 0.6) is 5.75 Å². The molecule has 1 atom stereocenters. The highest BCUT2D eigenvalue weighted by atomic mass is 16.5. The van der Waals surface area contributed by atoms with Gasteiger partial charge < -0.3 is 10.1 Å². The van der Waals surface area contributed by atoms with Gasteiger partial charge in [0.15, 0.2) is 0 Å². The molecule has 84 valence electrons. The van der Waals surface area contributed by atoms with E-state index in [9.17, 15) is 0 Å². The second-order valence-corrected chi connectivity index (χ2v) is 3.96. The van der Waals surface area contributed by atoms with Crippen molar-refractivity contribution >= 4 is 0 Å². The first-order chi connectivity index (χ1) is 7.27. The van der Waals surface area contributed by atoms with Gasteiger partial charge in [0.1, 0.15) is 5.75 Å². The van der Waals surface area contributed by atoms with Gasteiger partial charge in [-0.2, -0.15) is 0 Å². The van der Waals surface area contributed by atoms with Crippen LogP contribution in [0.25, 0.3) is 0 Å². The molecule has 0 heterocycles. The van der Waals surface area contributed by atoms with E-state index in [0.717, 1.165) is 24.8 Å². The number of benzene rings is 1. The van der Waals surface area contributed by atoms with Crippen LogP contribution in [0.3, 0.4) is 0 Å². The minimum absolute atomic E-state index is 0.736. The Balaban J connectivity index is 2.43. The normalized spacial score (nSPS) is 12.5. The molecule has 0 spiro atoms. The molecule has 0 aliphatic heterocycles. The van der Waals surface area contributed by atoms with Crippen molar-refractivity contribution in [1.82, 2.24) is 5.32 Å². The van der Waals surface area contributed by atoms with Gasteiger partial charge in [0.2, 0.25) is 0 Å². The summed E-state index contributed by atoms with van der Waals surface area (Å²) < 4.78 is 5.29.